The predicted molar refractivity (Wildman–Crippen MR) is 52.6 cm³/mol. The topological polar surface area (TPSA) is 89.0 Å². The van der Waals surface area contributed by atoms with Gasteiger partial charge in [-0.15, -0.1) is 0 Å². The maximum atomic E-state index is 11.8. The number of hydrogen-bond acceptors (Lipinski definition) is 5. The van der Waals surface area contributed by atoms with Crippen LogP contribution in [-0.4, -0.2) is 27.4 Å². The third-order valence-electron chi connectivity index (χ3n) is 1.98. The highest BCUT2D eigenvalue weighted by Crippen LogP contribution is 2.15. The van der Waals surface area contributed by atoms with Gasteiger partial charge in [-0.05, 0) is 0 Å². The van der Waals surface area contributed by atoms with Crippen LogP contribution in [0.15, 0.2) is 24.2 Å². The van der Waals surface area contributed by atoms with Crippen LogP contribution in [0.2, 0.25) is 0 Å². The Hall–Kier alpha value is -2.37. The monoisotopic (exact) mass is 217 g/mol. The van der Waals surface area contributed by atoms with Crippen molar-refractivity contribution in [3.63, 3.8) is 0 Å². The Morgan fingerprint density at radius 2 is 1.81 bits per heavy atom. The van der Waals surface area contributed by atoms with Crippen LogP contribution in [0.4, 0.5) is 0 Å². The first kappa shape index (κ1) is 10.2. The second-order valence-electron chi connectivity index (χ2n) is 3.19. The standard InChI is InChI=1S/C10H7N3O3/c1-5(14)13-6-4-7(15)8-9(10(6)16)12-3-2-11-8/h2-4H,1H3,(H,13,14). The molecule has 0 unspecified atom stereocenters. The molecular weight excluding hydrogens is 210 g/mol. The first-order valence-electron chi connectivity index (χ1n) is 4.49. The van der Waals surface area contributed by atoms with Gasteiger partial charge >= 0.3 is 0 Å². The number of ketones is 2. The summed E-state index contributed by atoms with van der Waals surface area (Å²) in [6, 6.07) is 0. The number of aromatic nitrogens is 2. The summed E-state index contributed by atoms with van der Waals surface area (Å²) < 4.78 is 0. The van der Waals surface area contributed by atoms with E-state index in [2.05, 4.69) is 15.3 Å². The van der Waals surface area contributed by atoms with Crippen molar-refractivity contribution in [1.82, 2.24) is 15.3 Å². The largest absolute Gasteiger partial charge is 0.323 e. The van der Waals surface area contributed by atoms with E-state index < -0.39 is 17.5 Å². The van der Waals surface area contributed by atoms with E-state index in [0.29, 0.717) is 0 Å². The maximum Gasteiger partial charge on any atom is 0.230 e. The second kappa shape index (κ2) is 3.65. The van der Waals surface area contributed by atoms with Crippen molar-refractivity contribution in [1.29, 1.82) is 0 Å². The van der Waals surface area contributed by atoms with E-state index >= 15 is 0 Å². The van der Waals surface area contributed by atoms with Gasteiger partial charge in [0.25, 0.3) is 0 Å². The van der Waals surface area contributed by atoms with Crippen molar-refractivity contribution in [2.24, 2.45) is 0 Å². The van der Waals surface area contributed by atoms with Gasteiger partial charge in [0.15, 0.2) is 0 Å². The summed E-state index contributed by atoms with van der Waals surface area (Å²) in [6.45, 7) is 1.25. The molecule has 6 heteroatoms. The van der Waals surface area contributed by atoms with E-state index in [0.717, 1.165) is 6.08 Å². The summed E-state index contributed by atoms with van der Waals surface area (Å²) in [7, 11) is 0. The van der Waals surface area contributed by atoms with Crippen molar-refractivity contribution in [3.05, 3.63) is 35.6 Å². The Morgan fingerprint density at radius 1 is 1.19 bits per heavy atom. The van der Waals surface area contributed by atoms with E-state index in [4.69, 9.17) is 0 Å². The molecule has 16 heavy (non-hydrogen) atoms. The fourth-order valence-corrected chi connectivity index (χ4v) is 1.36. The van der Waals surface area contributed by atoms with Gasteiger partial charge < -0.3 is 5.32 Å². The summed E-state index contributed by atoms with van der Waals surface area (Å²) >= 11 is 0. The number of carbonyl (C=O) groups is 3. The first-order valence-corrected chi connectivity index (χ1v) is 4.49. The number of hydrogen-bond donors (Lipinski definition) is 1. The van der Waals surface area contributed by atoms with Crippen LogP contribution in [0.3, 0.4) is 0 Å². The molecule has 1 aromatic rings. The number of carbonyl (C=O) groups excluding carboxylic acids is 3. The lowest BCUT2D eigenvalue weighted by atomic mass is 10.0. The number of fused-ring (bicyclic) bond motifs is 1. The summed E-state index contributed by atoms with van der Waals surface area (Å²) in [5.41, 5.74) is -0.0779. The van der Waals surface area contributed by atoms with E-state index in [1.165, 1.54) is 19.3 Å². The molecule has 1 aliphatic carbocycles. The Bertz CT molecular complexity index is 534. The van der Waals surface area contributed by atoms with Crippen molar-refractivity contribution in [2.45, 2.75) is 6.92 Å². The lowest BCUT2D eigenvalue weighted by Crippen LogP contribution is -2.30. The zero-order chi connectivity index (χ0) is 11.7. The third kappa shape index (κ3) is 1.60. The summed E-state index contributed by atoms with van der Waals surface area (Å²) in [5, 5.41) is 2.29. The fourth-order valence-electron chi connectivity index (χ4n) is 1.36. The SMILES string of the molecule is CC(=O)NC1=CC(=O)c2nccnc2C1=O. The zero-order valence-electron chi connectivity index (χ0n) is 8.35. The molecule has 1 aromatic heterocycles. The van der Waals surface area contributed by atoms with E-state index in [9.17, 15) is 14.4 Å². The minimum atomic E-state index is -0.502. The lowest BCUT2D eigenvalue weighted by molar-refractivity contribution is -0.118. The van der Waals surface area contributed by atoms with Crippen LogP contribution < -0.4 is 5.32 Å². The van der Waals surface area contributed by atoms with Crippen LogP contribution in [0.1, 0.15) is 27.9 Å². The molecule has 0 aliphatic heterocycles. The van der Waals surface area contributed by atoms with E-state index in [1.807, 2.05) is 0 Å². The quantitative estimate of drug-likeness (QED) is 0.708. The second-order valence-corrected chi connectivity index (χ2v) is 3.19. The van der Waals surface area contributed by atoms with Gasteiger partial charge in [-0.25, -0.2) is 9.97 Å². The minimum Gasteiger partial charge on any atom is -0.323 e. The Balaban J connectivity index is 2.47. The third-order valence-corrected chi connectivity index (χ3v) is 1.98. The van der Waals surface area contributed by atoms with Crippen molar-refractivity contribution in [2.75, 3.05) is 0 Å². The van der Waals surface area contributed by atoms with Crippen LogP contribution >= 0.6 is 0 Å². The van der Waals surface area contributed by atoms with Crippen molar-refractivity contribution < 1.29 is 14.4 Å². The number of nitrogens with one attached hydrogen (secondary N) is 1. The molecule has 0 fully saturated rings. The molecule has 1 N–H and O–H groups in total. The molecule has 0 radical (unpaired) electrons. The highest BCUT2D eigenvalue weighted by molar-refractivity contribution is 6.23. The molecule has 0 bridgehead atoms. The number of allylic oxidation sites excluding steroid dienone is 2. The van der Waals surface area contributed by atoms with Gasteiger partial charge in [-0.3, -0.25) is 14.4 Å². The van der Waals surface area contributed by atoms with Gasteiger partial charge in [0.2, 0.25) is 17.5 Å². The molecule has 0 atom stereocenters. The van der Waals surface area contributed by atoms with Crippen LogP contribution in [-0.2, 0) is 4.79 Å². The average molecular weight is 217 g/mol. The van der Waals surface area contributed by atoms with Gasteiger partial charge in [0, 0.05) is 25.4 Å². The molecule has 0 saturated carbocycles. The highest BCUT2D eigenvalue weighted by Gasteiger charge is 2.28. The Kier molecular flexibility index (Phi) is 2.32. The number of rotatable bonds is 1. The van der Waals surface area contributed by atoms with E-state index in [-0.39, 0.29) is 17.1 Å². The predicted octanol–water partition coefficient (Wildman–Crippen LogP) is -0.124. The number of amides is 1. The molecule has 1 aliphatic rings. The Labute approximate surface area is 90.4 Å². The molecule has 2 rings (SSSR count). The Morgan fingerprint density at radius 3 is 2.44 bits per heavy atom. The molecule has 0 spiro atoms. The number of nitrogens with zero attached hydrogens (tertiary/aromatic N) is 2. The van der Waals surface area contributed by atoms with Gasteiger partial charge in [-0.1, -0.05) is 0 Å². The van der Waals surface area contributed by atoms with Gasteiger partial charge in [0.1, 0.15) is 11.4 Å². The van der Waals surface area contributed by atoms with Gasteiger partial charge in [0.05, 0.1) is 5.70 Å². The van der Waals surface area contributed by atoms with Crippen molar-refractivity contribution in [3.8, 4) is 0 Å². The summed E-state index contributed by atoms with van der Waals surface area (Å²) in [5.74, 6) is -1.36. The first-order chi connectivity index (χ1) is 7.59. The minimum absolute atomic E-state index is 0.0154. The molecule has 6 nitrogen and oxygen atoms in total. The van der Waals surface area contributed by atoms with Crippen molar-refractivity contribution >= 4 is 17.5 Å². The molecule has 0 aromatic carbocycles. The highest BCUT2D eigenvalue weighted by atomic mass is 16.2. The normalized spacial score (nSPS) is 14.2. The van der Waals surface area contributed by atoms with Gasteiger partial charge in [-0.2, -0.15) is 0 Å². The van der Waals surface area contributed by atoms with E-state index in [1.54, 1.807) is 0 Å². The smallest absolute Gasteiger partial charge is 0.230 e. The maximum absolute atomic E-state index is 11.8. The summed E-state index contributed by atoms with van der Waals surface area (Å²) in [4.78, 5) is 41.7. The molecular formula is C10H7N3O3. The van der Waals surface area contributed by atoms with Crippen LogP contribution in [0, 0.1) is 0 Å². The molecule has 80 valence electrons. The molecule has 1 amide bonds. The average Bonchev–Trinajstić information content (AvgIpc) is 2.25. The zero-order valence-corrected chi connectivity index (χ0v) is 8.35. The molecule has 0 saturated heterocycles. The fraction of sp³-hybridized carbons (Fsp3) is 0.100. The lowest BCUT2D eigenvalue weighted by Gasteiger charge is -2.12. The summed E-state index contributed by atoms with van der Waals surface area (Å²) in [6.07, 6.45) is 3.71. The number of Topliss-reactive ketones (excluding diaryl/α,β-unsaturated/α-hetero) is 1. The van der Waals surface area contributed by atoms with Crippen LogP contribution in [0.25, 0.3) is 0 Å². The molecule has 1 heterocycles. The van der Waals surface area contributed by atoms with Crippen LogP contribution in [0.5, 0.6) is 0 Å².